The maximum atomic E-state index is 16.4. The van der Waals surface area contributed by atoms with Crippen molar-refractivity contribution in [3.63, 3.8) is 0 Å². The largest absolute Gasteiger partial charge is 0.381 e. The van der Waals surface area contributed by atoms with E-state index >= 15 is 13.2 Å². The number of aromatic nitrogens is 1. The second kappa shape index (κ2) is 14.2. The van der Waals surface area contributed by atoms with Crippen LogP contribution in [0.2, 0.25) is 0 Å². The van der Waals surface area contributed by atoms with Crippen LogP contribution in [0.5, 0.6) is 0 Å². The van der Waals surface area contributed by atoms with Crippen LogP contribution in [0.15, 0.2) is 47.8 Å². The summed E-state index contributed by atoms with van der Waals surface area (Å²) in [7, 11) is 1.62. The fourth-order valence-corrected chi connectivity index (χ4v) is 8.12. The van der Waals surface area contributed by atoms with Crippen LogP contribution in [0.4, 0.5) is 19.0 Å². The summed E-state index contributed by atoms with van der Waals surface area (Å²) in [6.07, 6.45) is 7.35. The Labute approximate surface area is 286 Å². The molecule has 0 aliphatic carbocycles. The number of halogens is 3. The number of rotatable bonds is 2. The highest BCUT2D eigenvalue weighted by Crippen LogP contribution is 2.44. The fourth-order valence-electron chi connectivity index (χ4n) is 8.12. The molecule has 1 amide bonds. The van der Waals surface area contributed by atoms with Gasteiger partial charge in [0, 0.05) is 67.6 Å². The third-order valence-corrected chi connectivity index (χ3v) is 11.2. The Balaban J connectivity index is 1.53. The van der Waals surface area contributed by atoms with E-state index in [1.165, 1.54) is 28.8 Å². The number of carbonyl (C=O) groups excluding carboxylic acids is 1. The summed E-state index contributed by atoms with van der Waals surface area (Å²) in [6, 6.07) is 7.48. The lowest BCUT2D eigenvalue weighted by Crippen LogP contribution is -2.44. The molecule has 8 nitrogen and oxygen atoms in total. The lowest BCUT2D eigenvalue weighted by molar-refractivity contribution is -0.118. The maximum absolute atomic E-state index is 16.4. The molecule has 262 valence electrons. The number of hydrogen-bond donors (Lipinski definition) is 1. The molecule has 0 radical (unpaired) electrons. The summed E-state index contributed by atoms with van der Waals surface area (Å²) < 4.78 is 55.6. The number of piperidine rings is 1. The summed E-state index contributed by atoms with van der Waals surface area (Å²) in [4.78, 5) is 31.8. The summed E-state index contributed by atoms with van der Waals surface area (Å²) in [5.41, 5.74) is -0.731. The molecule has 0 saturated carbocycles. The zero-order chi connectivity index (χ0) is 34.9. The number of nitrogens with zero attached hydrogens (tertiary/aromatic N) is 4. The Morgan fingerprint density at radius 2 is 1.82 bits per heavy atom. The van der Waals surface area contributed by atoms with E-state index in [2.05, 4.69) is 29.8 Å². The minimum Gasteiger partial charge on any atom is -0.381 e. The molecule has 2 atom stereocenters. The predicted octanol–water partition coefficient (Wildman–Crippen LogP) is 6.46. The van der Waals surface area contributed by atoms with Gasteiger partial charge in [0.25, 0.3) is 11.5 Å². The highest BCUT2D eigenvalue weighted by Gasteiger charge is 2.46. The average Bonchev–Trinajstić information content (AvgIpc) is 3.10. The number of alkyl halides is 2. The Bertz CT molecular complexity index is 1720. The van der Waals surface area contributed by atoms with Gasteiger partial charge in [-0.25, -0.2) is 13.2 Å². The van der Waals surface area contributed by atoms with E-state index in [0.29, 0.717) is 81.2 Å². The van der Waals surface area contributed by atoms with Crippen LogP contribution in [0.25, 0.3) is 5.70 Å². The van der Waals surface area contributed by atoms with Gasteiger partial charge in [-0.05, 0) is 71.0 Å². The maximum Gasteiger partial charge on any atom is 0.278 e. The fraction of sp³-hybridized carbons (Fsp3) is 0.553. The second-order valence-electron chi connectivity index (χ2n) is 14.0. The molecule has 6 heterocycles. The normalized spacial score (nSPS) is 28.3. The van der Waals surface area contributed by atoms with Crippen molar-refractivity contribution in [2.24, 2.45) is 13.0 Å². The van der Waals surface area contributed by atoms with Crippen LogP contribution in [-0.4, -0.2) is 54.3 Å². The van der Waals surface area contributed by atoms with Gasteiger partial charge >= 0.3 is 0 Å². The SMILES string of the molecule is C=C[C@H]1N/C2=C/CCC(=O)N(CCCCC(C)N3CCC(CC3)C(F)(F)c3cccc1c3F)c1c2cc(C2(C#N)CCOCC2)c(=O)n1C. The molecule has 1 aromatic heterocycles. The van der Waals surface area contributed by atoms with Crippen molar-refractivity contribution in [2.45, 2.75) is 88.1 Å². The topological polar surface area (TPSA) is 90.6 Å². The van der Waals surface area contributed by atoms with Gasteiger partial charge in [0.15, 0.2) is 0 Å². The number of amides is 1. The van der Waals surface area contributed by atoms with Crippen LogP contribution in [0.1, 0.15) is 93.0 Å². The molecule has 1 N–H and O–H groups in total. The Hall–Kier alpha value is -3.88. The highest BCUT2D eigenvalue weighted by molar-refractivity contribution is 5.96. The van der Waals surface area contributed by atoms with Crippen molar-refractivity contribution in [3.05, 3.63) is 81.4 Å². The van der Waals surface area contributed by atoms with E-state index < -0.39 is 34.7 Å². The molecular formula is C38H46F3N5O3. The second-order valence-corrected chi connectivity index (χ2v) is 14.0. The summed E-state index contributed by atoms with van der Waals surface area (Å²) in [5, 5.41) is 13.8. The lowest BCUT2D eigenvalue weighted by atomic mass is 9.75. The number of nitriles is 1. The van der Waals surface area contributed by atoms with Crippen molar-refractivity contribution < 1.29 is 22.7 Å². The molecule has 5 aliphatic rings. The van der Waals surface area contributed by atoms with Gasteiger partial charge in [-0.3, -0.25) is 19.1 Å². The molecule has 1 unspecified atom stereocenters. The average molecular weight is 678 g/mol. The number of anilines is 1. The monoisotopic (exact) mass is 677 g/mol. The standard InChI is InChI=1S/C38H46F3N5O3/c1-4-31-27-10-7-11-29(34(27)39)38(40,41)26-14-19-45(20-15-26)25(2)9-5-6-18-46-33(47)13-8-12-32(43-31)28-23-30(36(48)44(3)35(28)46)37(24-42)16-21-49-22-17-37/h4,7,10-12,23,25-26,31,43H,1,5-6,8-9,13-22H2,2-3H3/b32-12+/t25?,31-/m1/s1. The van der Waals surface area contributed by atoms with Crippen molar-refractivity contribution in [2.75, 3.05) is 37.7 Å². The van der Waals surface area contributed by atoms with Gasteiger partial charge in [0.05, 0.1) is 23.1 Å². The first kappa shape index (κ1) is 35.0. The number of benzene rings is 1. The minimum absolute atomic E-state index is 0.0246. The number of pyridine rings is 1. The molecule has 6 bridgehead atoms. The van der Waals surface area contributed by atoms with E-state index in [4.69, 9.17) is 4.74 Å². The number of ether oxygens (including phenoxy) is 1. The molecule has 0 spiro atoms. The number of allylic oxidation sites excluding steroid dienone is 1. The van der Waals surface area contributed by atoms with Gasteiger partial charge in [0.2, 0.25) is 5.91 Å². The van der Waals surface area contributed by atoms with Crippen molar-refractivity contribution in [1.82, 2.24) is 14.8 Å². The molecular weight excluding hydrogens is 631 g/mol. The smallest absolute Gasteiger partial charge is 0.278 e. The first-order valence-electron chi connectivity index (χ1n) is 17.6. The molecule has 2 fully saturated rings. The summed E-state index contributed by atoms with van der Waals surface area (Å²) in [6.45, 7) is 8.09. The van der Waals surface area contributed by atoms with Gasteiger partial charge < -0.3 is 15.0 Å². The van der Waals surface area contributed by atoms with Crippen molar-refractivity contribution in [3.8, 4) is 6.07 Å². The minimum atomic E-state index is -3.36. The third kappa shape index (κ3) is 6.45. The molecule has 7 rings (SSSR count). The zero-order valence-corrected chi connectivity index (χ0v) is 28.5. The highest BCUT2D eigenvalue weighted by atomic mass is 19.3. The van der Waals surface area contributed by atoms with E-state index in [1.807, 2.05) is 6.08 Å². The van der Waals surface area contributed by atoms with Gasteiger partial charge in [-0.1, -0.05) is 36.8 Å². The summed E-state index contributed by atoms with van der Waals surface area (Å²) >= 11 is 0. The number of nitrogens with one attached hydrogen (secondary N) is 1. The molecule has 2 aromatic rings. The summed E-state index contributed by atoms with van der Waals surface area (Å²) in [5.74, 6) is -5.06. The van der Waals surface area contributed by atoms with Crippen LogP contribution < -0.4 is 15.8 Å². The van der Waals surface area contributed by atoms with E-state index in [1.54, 1.807) is 18.0 Å². The molecule has 5 aliphatic heterocycles. The predicted molar refractivity (Wildman–Crippen MR) is 183 cm³/mol. The Morgan fingerprint density at radius 3 is 2.51 bits per heavy atom. The quantitative estimate of drug-likeness (QED) is 0.368. The van der Waals surface area contributed by atoms with E-state index in [-0.39, 0.29) is 42.3 Å². The number of fused-ring (bicyclic) bond motifs is 7. The van der Waals surface area contributed by atoms with E-state index in [0.717, 1.165) is 12.8 Å². The van der Waals surface area contributed by atoms with E-state index in [9.17, 15) is 14.9 Å². The molecule has 1 aromatic carbocycles. The molecule has 49 heavy (non-hydrogen) atoms. The van der Waals surface area contributed by atoms with Crippen LogP contribution in [0.3, 0.4) is 0 Å². The molecule has 11 heteroatoms. The van der Waals surface area contributed by atoms with Crippen LogP contribution in [0, 0.1) is 23.1 Å². The first-order valence-corrected chi connectivity index (χ1v) is 17.6. The van der Waals surface area contributed by atoms with Gasteiger partial charge in [0.1, 0.15) is 11.6 Å². The van der Waals surface area contributed by atoms with Crippen molar-refractivity contribution >= 4 is 17.4 Å². The van der Waals surface area contributed by atoms with Crippen LogP contribution >= 0.6 is 0 Å². The number of carbonyl (C=O) groups is 1. The Kier molecular flexibility index (Phi) is 10.1. The zero-order valence-electron chi connectivity index (χ0n) is 28.5. The van der Waals surface area contributed by atoms with Crippen LogP contribution in [-0.2, 0) is 27.9 Å². The van der Waals surface area contributed by atoms with Gasteiger partial charge in [-0.15, -0.1) is 6.58 Å². The first-order chi connectivity index (χ1) is 23.5. The molecule has 2 saturated heterocycles. The lowest BCUT2D eigenvalue weighted by Gasteiger charge is -2.39. The van der Waals surface area contributed by atoms with Gasteiger partial charge in [-0.2, -0.15) is 5.26 Å². The van der Waals surface area contributed by atoms with Crippen molar-refractivity contribution in [1.29, 1.82) is 5.26 Å². The third-order valence-electron chi connectivity index (χ3n) is 11.2. The number of hydrogen-bond acceptors (Lipinski definition) is 6. The Morgan fingerprint density at radius 1 is 1.08 bits per heavy atom.